The Hall–Kier alpha value is -4.02. The summed E-state index contributed by atoms with van der Waals surface area (Å²) < 4.78 is 6.29. The molecule has 0 spiro atoms. The third-order valence-electron chi connectivity index (χ3n) is 5.57. The molecule has 4 aromatic rings. The van der Waals surface area contributed by atoms with Crippen molar-refractivity contribution >= 4 is 61.4 Å². The number of hydrogen-bond acceptors (Lipinski definition) is 8. The third-order valence-corrected chi connectivity index (χ3v) is 7.51. The molecule has 0 saturated carbocycles. The van der Waals surface area contributed by atoms with E-state index in [1.807, 2.05) is 19.2 Å². The fraction of sp³-hybridized carbons (Fsp3) is 0.154. The predicted molar refractivity (Wildman–Crippen MR) is 138 cm³/mol. The molecule has 2 aromatic heterocycles. The van der Waals surface area contributed by atoms with E-state index >= 15 is 0 Å². The Morgan fingerprint density at radius 2 is 1.86 bits per heavy atom. The summed E-state index contributed by atoms with van der Waals surface area (Å²) in [6.45, 7) is 3.76. The van der Waals surface area contributed by atoms with Crippen molar-refractivity contribution in [2.75, 3.05) is 4.90 Å². The van der Waals surface area contributed by atoms with Crippen molar-refractivity contribution in [3.8, 4) is 5.75 Å². The zero-order valence-corrected chi connectivity index (χ0v) is 20.8. The molecular weight excluding hydrogens is 500 g/mol. The van der Waals surface area contributed by atoms with E-state index in [0.717, 1.165) is 11.3 Å². The number of anilines is 1. The van der Waals surface area contributed by atoms with Crippen LogP contribution in [0.1, 0.15) is 40.7 Å². The first-order valence-electron chi connectivity index (χ1n) is 11.0. The van der Waals surface area contributed by atoms with Gasteiger partial charge < -0.3 is 14.9 Å². The summed E-state index contributed by atoms with van der Waals surface area (Å²) in [4.78, 5) is 44.4. The summed E-state index contributed by atoms with van der Waals surface area (Å²) in [5, 5.41) is 22.7. The van der Waals surface area contributed by atoms with Gasteiger partial charge >= 0.3 is 11.9 Å². The lowest BCUT2D eigenvalue weighted by atomic mass is 10.00. The van der Waals surface area contributed by atoms with Gasteiger partial charge in [0.2, 0.25) is 0 Å². The maximum atomic E-state index is 13.3. The van der Waals surface area contributed by atoms with Gasteiger partial charge in [-0.05, 0) is 55.6 Å². The first-order valence-corrected chi connectivity index (χ1v) is 12.7. The predicted octanol–water partition coefficient (Wildman–Crippen LogP) is 5.47. The van der Waals surface area contributed by atoms with Gasteiger partial charge in [-0.15, -0.1) is 11.3 Å². The van der Waals surface area contributed by atoms with Crippen LogP contribution in [0.5, 0.6) is 5.75 Å². The number of amides is 1. The number of carboxylic acids is 1. The standard InChI is InChI=1S/C26H20N2O6S2/c1-13(2)34-16-6-3-5-14(11-16)22(29)20-21(18-7-4-10-35-18)28(24(31)23(20)30)26-27-17-9-8-15(25(32)33)12-19(17)36-26/h3-13,21,29H,1-2H3,(H,32,33)/b22-20+. The molecule has 1 unspecified atom stereocenters. The van der Waals surface area contributed by atoms with E-state index in [9.17, 15) is 24.6 Å². The minimum absolute atomic E-state index is 0.0466. The van der Waals surface area contributed by atoms with E-state index in [1.165, 1.54) is 28.4 Å². The van der Waals surface area contributed by atoms with Gasteiger partial charge in [-0.1, -0.05) is 29.5 Å². The number of aliphatic hydroxyl groups excluding tert-OH is 1. The molecule has 0 bridgehead atoms. The number of nitrogens with zero attached hydrogens (tertiary/aromatic N) is 2. The Bertz CT molecular complexity index is 1540. The molecule has 1 fully saturated rings. The molecule has 1 aliphatic heterocycles. The number of carboxylic acid groups (broad SMARTS) is 1. The molecular formula is C26H20N2O6S2. The first kappa shape index (κ1) is 23.7. The molecule has 36 heavy (non-hydrogen) atoms. The molecule has 3 heterocycles. The second kappa shape index (κ2) is 9.21. The number of ether oxygens (including phenoxy) is 1. The second-order valence-electron chi connectivity index (χ2n) is 8.36. The number of thiophene rings is 1. The summed E-state index contributed by atoms with van der Waals surface area (Å²) >= 11 is 2.46. The minimum Gasteiger partial charge on any atom is -0.507 e. The van der Waals surface area contributed by atoms with Gasteiger partial charge in [0, 0.05) is 10.4 Å². The zero-order chi connectivity index (χ0) is 25.6. The number of aliphatic hydroxyl groups is 1. The summed E-state index contributed by atoms with van der Waals surface area (Å²) in [7, 11) is 0. The van der Waals surface area contributed by atoms with E-state index in [0.29, 0.717) is 26.4 Å². The molecule has 182 valence electrons. The summed E-state index contributed by atoms with van der Waals surface area (Å²) in [5.74, 6) is -2.50. The normalized spacial score (nSPS) is 17.3. The van der Waals surface area contributed by atoms with E-state index in [4.69, 9.17) is 4.74 Å². The van der Waals surface area contributed by atoms with Crippen LogP contribution in [0.25, 0.3) is 16.0 Å². The highest BCUT2D eigenvalue weighted by atomic mass is 32.1. The van der Waals surface area contributed by atoms with E-state index < -0.39 is 23.7 Å². The smallest absolute Gasteiger partial charge is 0.335 e. The van der Waals surface area contributed by atoms with Crippen LogP contribution in [0.3, 0.4) is 0 Å². The number of rotatable bonds is 6. The average molecular weight is 521 g/mol. The van der Waals surface area contributed by atoms with Gasteiger partial charge in [0.15, 0.2) is 5.13 Å². The lowest BCUT2D eigenvalue weighted by molar-refractivity contribution is -0.132. The number of carbonyl (C=O) groups excluding carboxylic acids is 2. The highest BCUT2D eigenvalue weighted by molar-refractivity contribution is 7.22. The Balaban J connectivity index is 1.65. The number of carbonyl (C=O) groups is 3. The number of hydrogen-bond donors (Lipinski definition) is 2. The molecule has 1 aliphatic rings. The third kappa shape index (κ3) is 4.14. The number of fused-ring (bicyclic) bond motifs is 1. The van der Waals surface area contributed by atoms with Crippen molar-refractivity contribution < 1.29 is 29.3 Å². The molecule has 10 heteroatoms. The zero-order valence-electron chi connectivity index (χ0n) is 19.2. The molecule has 2 aromatic carbocycles. The summed E-state index contributed by atoms with van der Waals surface area (Å²) in [6, 6.07) is 13.9. The number of aromatic nitrogens is 1. The largest absolute Gasteiger partial charge is 0.507 e. The van der Waals surface area contributed by atoms with Crippen LogP contribution in [0.2, 0.25) is 0 Å². The van der Waals surface area contributed by atoms with Crippen molar-refractivity contribution in [2.45, 2.75) is 26.0 Å². The van der Waals surface area contributed by atoms with Gasteiger partial charge in [-0.2, -0.15) is 0 Å². The number of Topliss-reactive ketones (excluding diaryl/α,β-unsaturated/α-hetero) is 1. The van der Waals surface area contributed by atoms with Crippen LogP contribution >= 0.6 is 22.7 Å². The quantitative estimate of drug-likeness (QED) is 0.197. The number of ketones is 1. The molecule has 1 amide bonds. The fourth-order valence-corrected chi connectivity index (χ4v) is 5.89. The Morgan fingerprint density at radius 3 is 2.56 bits per heavy atom. The molecule has 2 N–H and O–H groups in total. The molecule has 1 saturated heterocycles. The second-order valence-corrected chi connectivity index (χ2v) is 10.4. The van der Waals surface area contributed by atoms with E-state index in [1.54, 1.807) is 42.5 Å². The minimum atomic E-state index is -1.07. The maximum Gasteiger partial charge on any atom is 0.335 e. The fourth-order valence-electron chi connectivity index (χ4n) is 4.04. The Morgan fingerprint density at radius 1 is 1.06 bits per heavy atom. The van der Waals surface area contributed by atoms with Gasteiger partial charge in [0.05, 0.1) is 27.5 Å². The number of thiazole rings is 1. The highest BCUT2D eigenvalue weighted by Gasteiger charge is 2.48. The highest BCUT2D eigenvalue weighted by Crippen LogP contribution is 2.45. The van der Waals surface area contributed by atoms with Gasteiger partial charge in [-0.25, -0.2) is 9.78 Å². The maximum absolute atomic E-state index is 13.3. The van der Waals surface area contributed by atoms with Crippen LogP contribution in [-0.4, -0.2) is 39.0 Å². The van der Waals surface area contributed by atoms with Crippen molar-refractivity contribution in [3.63, 3.8) is 0 Å². The molecule has 0 radical (unpaired) electrons. The first-order chi connectivity index (χ1) is 17.2. The Kier molecular flexibility index (Phi) is 6.07. The van der Waals surface area contributed by atoms with Crippen molar-refractivity contribution in [1.82, 2.24) is 4.98 Å². The molecule has 1 atom stereocenters. The molecule has 0 aliphatic carbocycles. The van der Waals surface area contributed by atoms with E-state index in [-0.39, 0.29) is 28.1 Å². The van der Waals surface area contributed by atoms with Crippen LogP contribution in [0.4, 0.5) is 5.13 Å². The van der Waals surface area contributed by atoms with Crippen molar-refractivity contribution in [3.05, 3.63) is 81.6 Å². The summed E-state index contributed by atoms with van der Waals surface area (Å²) in [5.41, 5.74) is 0.904. The van der Waals surface area contributed by atoms with Gasteiger partial charge in [0.25, 0.3) is 5.78 Å². The topological polar surface area (TPSA) is 117 Å². The SMILES string of the molecule is CC(C)Oc1cccc(/C(O)=C2\C(=O)C(=O)N(c3nc4ccc(C(=O)O)cc4s3)C2c2cccs2)c1. The van der Waals surface area contributed by atoms with Crippen LogP contribution < -0.4 is 9.64 Å². The number of benzene rings is 2. The number of aromatic carboxylic acids is 1. The van der Waals surface area contributed by atoms with E-state index in [2.05, 4.69) is 4.98 Å². The van der Waals surface area contributed by atoms with Gasteiger partial charge in [-0.3, -0.25) is 14.5 Å². The van der Waals surface area contributed by atoms with Gasteiger partial charge in [0.1, 0.15) is 17.6 Å². The lowest BCUT2D eigenvalue weighted by Crippen LogP contribution is -2.28. The average Bonchev–Trinajstić information content (AvgIpc) is 3.56. The Labute approximate surface area is 213 Å². The molecule has 5 rings (SSSR count). The van der Waals surface area contributed by atoms with Crippen molar-refractivity contribution in [1.29, 1.82) is 0 Å². The van der Waals surface area contributed by atoms with Crippen LogP contribution in [0.15, 0.2) is 65.6 Å². The molecule has 8 nitrogen and oxygen atoms in total. The van der Waals surface area contributed by atoms with Crippen molar-refractivity contribution in [2.24, 2.45) is 0 Å². The summed E-state index contributed by atoms with van der Waals surface area (Å²) in [6.07, 6.45) is -0.0835. The monoisotopic (exact) mass is 520 g/mol. The lowest BCUT2D eigenvalue weighted by Gasteiger charge is -2.21. The van der Waals surface area contributed by atoms with Crippen LogP contribution in [0, 0.1) is 0 Å². The van der Waals surface area contributed by atoms with Crippen LogP contribution in [-0.2, 0) is 9.59 Å².